The number of methoxy groups -OCH3 is 1. The molecule has 1 aromatic carbocycles. The number of nitrogens with two attached hydrogens (primary N) is 1. The van der Waals surface area contributed by atoms with E-state index in [2.05, 4.69) is 10.3 Å². The lowest BCUT2D eigenvalue weighted by Crippen LogP contribution is -2.26. The van der Waals surface area contributed by atoms with E-state index in [4.69, 9.17) is 10.5 Å². The Bertz CT molecular complexity index is 585. The molecule has 5 nitrogen and oxygen atoms in total. The number of benzene rings is 1. The minimum Gasteiger partial charge on any atom is -0.496 e. The Hall–Kier alpha value is -2.56. The lowest BCUT2D eigenvalue weighted by atomic mass is 10.1. The summed E-state index contributed by atoms with van der Waals surface area (Å²) in [5.41, 5.74) is 7.64. The van der Waals surface area contributed by atoms with E-state index < -0.39 is 0 Å². The summed E-state index contributed by atoms with van der Waals surface area (Å²) in [7, 11) is 1.51. The van der Waals surface area contributed by atoms with Crippen LogP contribution in [0.25, 0.3) is 0 Å². The molecule has 104 valence electrons. The zero-order chi connectivity index (χ0) is 14.4. The number of aromatic nitrogens is 1. The van der Waals surface area contributed by atoms with Crippen LogP contribution in [0, 0.1) is 0 Å². The van der Waals surface area contributed by atoms with E-state index in [-0.39, 0.29) is 5.91 Å². The Morgan fingerprint density at radius 2 is 2.20 bits per heavy atom. The number of ether oxygens (including phenoxy) is 1. The SMILES string of the molecule is COc1cc(N)ccc1C(=O)NCCc1ccccn1. The van der Waals surface area contributed by atoms with E-state index >= 15 is 0 Å². The first-order chi connectivity index (χ1) is 9.70. The number of nitrogens with one attached hydrogen (secondary N) is 1. The molecule has 1 aromatic heterocycles. The third kappa shape index (κ3) is 3.47. The molecule has 0 aliphatic heterocycles. The van der Waals surface area contributed by atoms with Crippen LogP contribution in [-0.4, -0.2) is 24.5 Å². The molecule has 5 heteroatoms. The minimum absolute atomic E-state index is 0.183. The maximum Gasteiger partial charge on any atom is 0.255 e. The van der Waals surface area contributed by atoms with Crippen LogP contribution in [0.4, 0.5) is 5.69 Å². The molecule has 0 atom stereocenters. The van der Waals surface area contributed by atoms with E-state index in [1.54, 1.807) is 24.4 Å². The molecule has 2 aromatic rings. The topological polar surface area (TPSA) is 77.2 Å². The molecule has 3 N–H and O–H groups in total. The van der Waals surface area contributed by atoms with Gasteiger partial charge in [-0.2, -0.15) is 0 Å². The largest absolute Gasteiger partial charge is 0.496 e. The second-order valence-corrected chi connectivity index (χ2v) is 4.29. The smallest absolute Gasteiger partial charge is 0.255 e. The van der Waals surface area contributed by atoms with Gasteiger partial charge >= 0.3 is 0 Å². The second-order valence-electron chi connectivity index (χ2n) is 4.29. The van der Waals surface area contributed by atoms with E-state index in [1.165, 1.54) is 7.11 Å². The van der Waals surface area contributed by atoms with Crippen LogP contribution in [0.2, 0.25) is 0 Å². The van der Waals surface area contributed by atoms with Crippen LogP contribution < -0.4 is 15.8 Å². The van der Waals surface area contributed by atoms with Crippen molar-refractivity contribution in [2.45, 2.75) is 6.42 Å². The van der Waals surface area contributed by atoms with E-state index in [9.17, 15) is 4.79 Å². The van der Waals surface area contributed by atoms with Crippen molar-refractivity contribution < 1.29 is 9.53 Å². The summed E-state index contributed by atoms with van der Waals surface area (Å²) in [5, 5.41) is 2.84. The first-order valence-corrected chi connectivity index (χ1v) is 6.32. The Labute approximate surface area is 117 Å². The molecular formula is C15H17N3O2. The average Bonchev–Trinajstić information content (AvgIpc) is 2.48. The number of carbonyl (C=O) groups excluding carboxylic acids is 1. The number of rotatable bonds is 5. The summed E-state index contributed by atoms with van der Waals surface area (Å²) in [4.78, 5) is 16.3. The van der Waals surface area contributed by atoms with Gasteiger partial charge in [0.25, 0.3) is 5.91 Å². The van der Waals surface area contributed by atoms with Crippen molar-refractivity contribution in [2.24, 2.45) is 0 Å². The molecule has 0 aliphatic rings. The lowest BCUT2D eigenvalue weighted by Gasteiger charge is -2.09. The Morgan fingerprint density at radius 3 is 2.90 bits per heavy atom. The molecule has 0 unspecified atom stereocenters. The monoisotopic (exact) mass is 271 g/mol. The molecular weight excluding hydrogens is 254 g/mol. The highest BCUT2D eigenvalue weighted by Crippen LogP contribution is 2.21. The van der Waals surface area contributed by atoms with E-state index in [0.717, 1.165) is 5.69 Å². The maximum absolute atomic E-state index is 12.1. The van der Waals surface area contributed by atoms with Crippen molar-refractivity contribution in [2.75, 3.05) is 19.4 Å². The van der Waals surface area contributed by atoms with Crippen molar-refractivity contribution in [3.63, 3.8) is 0 Å². The van der Waals surface area contributed by atoms with Gasteiger partial charge in [0.05, 0.1) is 12.7 Å². The van der Waals surface area contributed by atoms with Gasteiger partial charge in [0, 0.05) is 36.6 Å². The zero-order valence-electron chi connectivity index (χ0n) is 11.3. The molecule has 0 aliphatic carbocycles. The van der Waals surface area contributed by atoms with Crippen LogP contribution in [-0.2, 0) is 6.42 Å². The Kier molecular flexibility index (Phi) is 4.55. The number of pyridine rings is 1. The fourth-order valence-electron chi connectivity index (χ4n) is 1.84. The highest BCUT2D eigenvalue weighted by Gasteiger charge is 2.11. The number of nitrogens with zero attached hydrogens (tertiary/aromatic N) is 1. The van der Waals surface area contributed by atoms with Crippen LogP contribution in [0.1, 0.15) is 16.1 Å². The van der Waals surface area contributed by atoms with Crippen molar-refractivity contribution in [1.82, 2.24) is 10.3 Å². The van der Waals surface area contributed by atoms with Gasteiger partial charge in [-0.05, 0) is 24.3 Å². The quantitative estimate of drug-likeness (QED) is 0.810. The first-order valence-electron chi connectivity index (χ1n) is 6.32. The number of amides is 1. The van der Waals surface area contributed by atoms with E-state index in [0.29, 0.717) is 30.0 Å². The highest BCUT2D eigenvalue weighted by molar-refractivity contribution is 5.97. The molecule has 0 radical (unpaired) electrons. The van der Waals surface area contributed by atoms with Crippen LogP contribution in [0.3, 0.4) is 0 Å². The highest BCUT2D eigenvalue weighted by atomic mass is 16.5. The van der Waals surface area contributed by atoms with Gasteiger partial charge in [-0.15, -0.1) is 0 Å². The van der Waals surface area contributed by atoms with Crippen LogP contribution >= 0.6 is 0 Å². The summed E-state index contributed by atoms with van der Waals surface area (Å²) in [6.07, 6.45) is 2.42. The standard InChI is InChI=1S/C15H17N3O2/c1-20-14-10-11(16)5-6-13(14)15(19)18-9-7-12-4-2-3-8-17-12/h2-6,8,10H,7,9,16H2,1H3,(H,18,19). The fourth-order valence-corrected chi connectivity index (χ4v) is 1.84. The first kappa shape index (κ1) is 13.9. The fraction of sp³-hybridized carbons (Fsp3) is 0.200. The van der Waals surface area contributed by atoms with Crippen molar-refractivity contribution in [3.05, 3.63) is 53.9 Å². The zero-order valence-corrected chi connectivity index (χ0v) is 11.3. The van der Waals surface area contributed by atoms with Crippen molar-refractivity contribution in [3.8, 4) is 5.75 Å². The van der Waals surface area contributed by atoms with Gasteiger partial charge in [-0.1, -0.05) is 6.07 Å². The second kappa shape index (κ2) is 6.56. The number of carbonyl (C=O) groups is 1. The lowest BCUT2D eigenvalue weighted by molar-refractivity contribution is 0.0951. The van der Waals surface area contributed by atoms with Crippen molar-refractivity contribution in [1.29, 1.82) is 0 Å². The molecule has 0 saturated heterocycles. The Balaban J connectivity index is 1.95. The molecule has 0 bridgehead atoms. The van der Waals surface area contributed by atoms with Gasteiger partial charge in [-0.3, -0.25) is 9.78 Å². The Morgan fingerprint density at radius 1 is 1.35 bits per heavy atom. The summed E-state index contributed by atoms with van der Waals surface area (Å²) in [5.74, 6) is 0.290. The van der Waals surface area contributed by atoms with Gasteiger partial charge in [-0.25, -0.2) is 0 Å². The predicted molar refractivity (Wildman–Crippen MR) is 77.7 cm³/mol. The number of hydrogen-bond acceptors (Lipinski definition) is 4. The third-order valence-corrected chi connectivity index (χ3v) is 2.86. The van der Waals surface area contributed by atoms with Gasteiger partial charge in [0.2, 0.25) is 0 Å². The third-order valence-electron chi connectivity index (χ3n) is 2.86. The molecule has 0 saturated carbocycles. The molecule has 20 heavy (non-hydrogen) atoms. The summed E-state index contributed by atoms with van der Waals surface area (Å²) >= 11 is 0. The molecule has 0 fully saturated rings. The number of nitrogen functional groups attached to an aromatic ring is 1. The molecule has 1 amide bonds. The summed E-state index contributed by atoms with van der Waals surface area (Å²) < 4.78 is 5.16. The number of hydrogen-bond donors (Lipinski definition) is 2. The molecule has 1 heterocycles. The van der Waals surface area contributed by atoms with Gasteiger partial charge in [0.15, 0.2) is 0 Å². The molecule has 0 spiro atoms. The minimum atomic E-state index is -0.183. The van der Waals surface area contributed by atoms with Gasteiger partial charge in [0.1, 0.15) is 5.75 Å². The predicted octanol–water partition coefficient (Wildman–Crippen LogP) is 1.64. The maximum atomic E-state index is 12.1. The summed E-state index contributed by atoms with van der Waals surface area (Å²) in [6, 6.07) is 10.7. The number of anilines is 1. The van der Waals surface area contributed by atoms with Crippen molar-refractivity contribution >= 4 is 11.6 Å². The average molecular weight is 271 g/mol. The normalized spacial score (nSPS) is 10.1. The molecule has 2 rings (SSSR count). The van der Waals surface area contributed by atoms with Gasteiger partial charge < -0.3 is 15.8 Å². The van der Waals surface area contributed by atoms with E-state index in [1.807, 2.05) is 18.2 Å². The van der Waals surface area contributed by atoms with Crippen LogP contribution in [0.15, 0.2) is 42.6 Å². The summed E-state index contributed by atoms with van der Waals surface area (Å²) in [6.45, 7) is 0.517. The van der Waals surface area contributed by atoms with Crippen LogP contribution in [0.5, 0.6) is 5.75 Å².